The molecule has 0 spiro atoms. The molecule has 1 amide bonds. The lowest BCUT2D eigenvalue weighted by atomic mass is 9.87. The standard InChI is InChI=1S/C28H31ClFN3O4S/c1-36-27(35)18-7-9-21(10-8-18)37-16-20-14-19(30)15-33(20)26(34)13-17-6-11-23(22(29)12-17)31-28-32-24-4-2-3-5-25(24)38-28/h2-6,11-12,18-21H,7-10,13-16H2,1H3,(H,31,32)/t18-,19-,20-,21-/m0/s1. The minimum Gasteiger partial charge on any atom is -0.469 e. The van der Waals surface area contributed by atoms with E-state index in [4.69, 9.17) is 21.1 Å². The Hall–Kier alpha value is -2.75. The van der Waals surface area contributed by atoms with E-state index in [2.05, 4.69) is 10.3 Å². The van der Waals surface area contributed by atoms with Crippen molar-refractivity contribution in [1.29, 1.82) is 0 Å². The van der Waals surface area contributed by atoms with Crippen molar-refractivity contribution < 1.29 is 23.5 Å². The maximum Gasteiger partial charge on any atom is 0.308 e. The lowest BCUT2D eigenvalue weighted by molar-refractivity contribution is -0.148. The number of carbonyl (C=O) groups is 2. The number of alkyl halides is 1. The van der Waals surface area contributed by atoms with Crippen LogP contribution in [0.5, 0.6) is 0 Å². The van der Waals surface area contributed by atoms with Crippen molar-refractivity contribution in [3.8, 4) is 0 Å². The number of halogens is 2. The Morgan fingerprint density at radius 2 is 1.97 bits per heavy atom. The number of hydrogen-bond acceptors (Lipinski definition) is 7. The second-order valence-electron chi connectivity index (χ2n) is 9.97. The van der Waals surface area contributed by atoms with Crippen LogP contribution in [0.4, 0.5) is 15.2 Å². The van der Waals surface area contributed by atoms with Crippen LogP contribution in [0.15, 0.2) is 42.5 Å². The van der Waals surface area contributed by atoms with E-state index in [1.165, 1.54) is 7.11 Å². The number of ether oxygens (including phenoxy) is 2. The van der Waals surface area contributed by atoms with Gasteiger partial charge < -0.3 is 19.7 Å². The first-order valence-electron chi connectivity index (χ1n) is 12.9. The van der Waals surface area contributed by atoms with Crippen LogP contribution < -0.4 is 5.32 Å². The first-order valence-corrected chi connectivity index (χ1v) is 14.1. The highest BCUT2D eigenvalue weighted by Crippen LogP contribution is 2.32. The third-order valence-corrected chi connectivity index (χ3v) is 8.61. The van der Waals surface area contributed by atoms with E-state index < -0.39 is 6.17 Å². The molecule has 0 bridgehead atoms. The van der Waals surface area contributed by atoms with Crippen molar-refractivity contribution in [1.82, 2.24) is 9.88 Å². The number of esters is 1. The molecule has 2 atom stereocenters. The number of nitrogens with zero attached hydrogens (tertiary/aromatic N) is 2. The number of carbonyl (C=O) groups excluding carboxylic acids is 2. The van der Waals surface area contributed by atoms with Crippen LogP contribution in [0, 0.1) is 5.92 Å². The Bertz CT molecular complexity index is 1260. The van der Waals surface area contributed by atoms with E-state index in [1.54, 1.807) is 22.3 Å². The van der Waals surface area contributed by atoms with Crippen LogP contribution in [0.2, 0.25) is 5.02 Å². The summed E-state index contributed by atoms with van der Waals surface area (Å²) in [6.45, 7) is 0.373. The van der Waals surface area contributed by atoms with Gasteiger partial charge in [-0.25, -0.2) is 9.37 Å². The highest BCUT2D eigenvalue weighted by molar-refractivity contribution is 7.22. The Morgan fingerprint density at radius 3 is 2.71 bits per heavy atom. The zero-order valence-electron chi connectivity index (χ0n) is 21.2. The van der Waals surface area contributed by atoms with E-state index >= 15 is 0 Å². The van der Waals surface area contributed by atoms with Gasteiger partial charge in [0.25, 0.3) is 0 Å². The van der Waals surface area contributed by atoms with Crippen LogP contribution >= 0.6 is 22.9 Å². The fourth-order valence-corrected chi connectivity index (χ4v) is 6.42. The lowest BCUT2D eigenvalue weighted by Gasteiger charge is -2.30. The number of thiazole rings is 1. The van der Waals surface area contributed by atoms with Gasteiger partial charge in [0.1, 0.15) is 6.17 Å². The predicted octanol–water partition coefficient (Wildman–Crippen LogP) is 5.92. The van der Waals surface area contributed by atoms with Gasteiger partial charge in [-0.3, -0.25) is 9.59 Å². The third-order valence-electron chi connectivity index (χ3n) is 7.34. The summed E-state index contributed by atoms with van der Waals surface area (Å²) < 4.78 is 26.3. The van der Waals surface area contributed by atoms with Crippen molar-refractivity contribution in [2.75, 3.05) is 25.6 Å². The fourth-order valence-electron chi connectivity index (χ4n) is 5.29. The lowest BCUT2D eigenvalue weighted by Crippen LogP contribution is -2.40. The minimum atomic E-state index is -1.06. The van der Waals surface area contributed by atoms with Crippen LogP contribution in [-0.4, -0.2) is 60.3 Å². The molecule has 2 aromatic carbocycles. The smallest absolute Gasteiger partial charge is 0.308 e. The second kappa shape index (κ2) is 12.0. The van der Waals surface area contributed by atoms with E-state index in [0.717, 1.165) is 46.6 Å². The van der Waals surface area contributed by atoms with Gasteiger partial charge in [0, 0.05) is 6.42 Å². The van der Waals surface area contributed by atoms with Gasteiger partial charge >= 0.3 is 5.97 Å². The quantitative estimate of drug-likeness (QED) is 0.345. The molecule has 0 unspecified atom stereocenters. The number of likely N-dealkylation sites (tertiary alicyclic amines) is 1. The number of aromatic nitrogens is 1. The fraction of sp³-hybridized carbons (Fsp3) is 0.464. The van der Waals surface area contributed by atoms with Crippen LogP contribution in [0.25, 0.3) is 10.2 Å². The minimum absolute atomic E-state index is 0.0146. The van der Waals surface area contributed by atoms with Crippen molar-refractivity contribution in [2.24, 2.45) is 5.92 Å². The molecule has 1 saturated heterocycles. The van der Waals surface area contributed by atoms with Crippen molar-refractivity contribution in [3.05, 3.63) is 53.1 Å². The maximum atomic E-state index is 14.3. The number of benzene rings is 2. The second-order valence-corrected chi connectivity index (χ2v) is 11.4. The molecular weight excluding hydrogens is 529 g/mol. The van der Waals surface area contributed by atoms with Gasteiger partial charge in [0.05, 0.1) is 65.7 Å². The summed E-state index contributed by atoms with van der Waals surface area (Å²) in [5.74, 6) is -0.387. The summed E-state index contributed by atoms with van der Waals surface area (Å²) >= 11 is 8.07. The number of hydrogen-bond donors (Lipinski definition) is 1. The molecule has 2 aliphatic rings. The number of para-hydroxylation sites is 1. The topological polar surface area (TPSA) is 80.8 Å². The van der Waals surface area contributed by atoms with Gasteiger partial charge in [-0.15, -0.1) is 0 Å². The average Bonchev–Trinajstić information content (AvgIpc) is 3.51. The SMILES string of the molecule is COC(=O)[C@H]1CC[C@H](OC[C@@H]2C[C@H](F)CN2C(=O)Cc2ccc(Nc3nc4ccccc4s3)c(Cl)c2)CC1. The largest absolute Gasteiger partial charge is 0.469 e. The molecule has 38 heavy (non-hydrogen) atoms. The first-order chi connectivity index (χ1) is 18.4. The molecule has 1 saturated carbocycles. The zero-order chi connectivity index (χ0) is 26.6. The Morgan fingerprint density at radius 1 is 1.18 bits per heavy atom. The van der Waals surface area contributed by atoms with E-state index in [9.17, 15) is 14.0 Å². The van der Waals surface area contributed by atoms with Crippen molar-refractivity contribution in [3.63, 3.8) is 0 Å². The van der Waals surface area contributed by atoms with Crippen molar-refractivity contribution >= 4 is 55.8 Å². The molecule has 5 rings (SSSR count). The van der Waals surface area contributed by atoms with Gasteiger partial charge in [0.15, 0.2) is 5.13 Å². The summed E-state index contributed by atoms with van der Waals surface area (Å²) in [5.41, 5.74) is 2.39. The Kier molecular flexibility index (Phi) is 8.45. The number of methoxy groups -OCH3 is 1. The number of anilines is 2. The number of amides is 1. The summed E-state index contributed by atoms with van der Waals surface area (Å²) in [5, 5.41) is 4.49. The molecule has 2 fully saturated rings. The molecule has 1 aliphatic carbocycles. The molecule has 1 aromatic heterocycles. The molecule has 2 heterocycles. The van der Waals surface area contributed by atoms with Gasteiger partial charge in [0.2, 0.25) is 5.91 Å². The monoisotopic (exact) mass is 559 g/mol. The van der Waals surface area contributed by atoms with Crippen LogP contribution in [0.1, 0.15) is 37.7 Å². The Labute approximate surface area is 230 Å². The van der Waals surface area contributed by atoms with Gasteiger partial charge in [-0.2, -0.15) is 0 Å². The summed E-state index contributed by atoms with van der Waals surface area (Å²) in [6.07, 6.45) is 2.32. The molecule has 3 aromatic rings. The Balaban J connectivity index is 1.15. The summed E-state index contributed by atoms with van der Waals surface area (Å²) in [6, 6.07) is 13.1. The summed E-state index contributed by atoms with van der Waals surface area (Å²) in [4.78, 5) is 31.1. The van der Waals surface area contributed by atoms with Crippen LogP contribution in [0.3, 0.4) is 0 Å². The molecule has 1 N–H and O–H groups in total. The predicted molar refractivity (Wildman–Crippen MR) is 147 cm³/mol. The normalized spacial score (nSPS) is 23.5. The molecule has 1 aliphatic heterocycles. The first kappa shape index (κ1) is 26.8. The molecule has 202 valence electrons. The van der Waals surface area contributed by atoms with Gasteiger partial charge in [-0.05, 0) is 55.5 Å². The average molecular weight is 560 g/mol. The number of rotatable bonds is 8. The highest BCUT2D eigenvalue weighted by Gasteiger charge is 2.36. The van der Waals surface area contributed by atoms with Crippen LogP contribution in [-0.2, 0) is 25.5 Å². The molecule has 10 heteroatoms. The molecule has 7 nitrogen and oxygen atoms in total. The molecule has 0 radical (unpaired) electrons. The molecular formula is C28H31ClFN3O4S. The number of nitrogens with one attached hydrogen (secondary N) is 1. The van der Waals surface area contributed by atoms with E-state index in [-0.39, 0.29) is 49.3 Å². The number of fused-ring (bicyclic) bond motifs is 1. The third kappa shape index (κ3) is 6.27. The maximum absolute atomic E-state index is 14.3. The van der Waals surface area contributed by atoms with E-state index in [0.29, 0.717) is 17.3 Å². The summed E-state index contributed by atoms with van der Waals surface area (Å²) in [7, 11) is 1.41. The van der Waals surface area contributed by atoms with E-state index in [1.807, 2.05) is 36.4 Å². The van der Waals surface area contributed by atoms with Gasteiger partial charge in [-0.1, -0.05) is 41.1 Å². The zero-order valence-corrected chi connectivity index (χ0v) is 22.8. The van der Waals surface area contributed by atoms with Crippen molar-refractivity contribution in [2.45, 2.75) is 56.8 Å². The highest BCUT2D eigenvalue weighted by atomic mass is 35.5.